The first-order valence-corrected chi connectivity index (χ1v) is 6.57. The molecule has 2 heteroatoms. The standard InChI is InChI=1S/C15H23NO/c1-4-13-5-7-14(8-6-13)15(17)9-10-16(3)12(2)11-15/h5-8,12,17H,4,9-11H2,1-3H3. The zero-order valence-electron chi connectivity index (χ0n) is 11.1. The first-order valence-electron chi connectivity index (χ1n) is 6.57. The lowest BCUT2D eigenvalue weighted by Gasteiger charge is -2.41. The second kappa shape index (κ2) is 4.79. The van der Waals surface area contributed by atoms with Crippen molar-refractivity contribution in [3.8, 4) is 0 Å². The normalized spacial score (nSPS) is 30.5. The monoisotopic (exact) mass is 233 g/mol. The number of benzene rings is 1. The Hall–Kier alpha value is -0.860. The molecule has 0 spiro atoms. The quantitative estimate of drug-likeness (QED) is 0.848. The molecule has 1 N–H and O–H groups in total. The maximum atomic E-state index is 10.8. The molecule has 1 aromatic carbocycles. The highest BCUT2D eigenvalue weighted by atomic mass is 16.3. The van der Waals surface area contributed by atoms with Crippen molar-refractivity contribution in [1.82, 2.24) is 4.90 Å². The molecule has 0 bridgehead atoms. The van der Waals surface area contributed by atoms with Crippen LogP contribution in [-0.2, 0) is 12.0 Å². The van der Waals surface area contributed by atoms with Gasteiger partial charge < -0.3 is 10.0 Å². The SMILES string of the molecule is CCc1ccc(C2(O)CCN(C)C(C)C2)cc1. The van der Waals surface area contributed by atoms with Gasteiger partial charge >= 0.3 is 0 Å². The van der Waals surface area contributed by atoms with Crippen LogP contribution in [0.25, 0.3) is 0 Å². The van der Waals surface area contributed by atoms with Gasteiger partial charge in [0, 0.05) is 12.6 Å². The second-order valence-corrected chi connectivity index (χ2v) is 5.37. The predicted octanol–water partition coefficient (Wildman–Crippen LogP) is 2.55. The van der Waals surface area contributed by atoms with Crippen LogP contribution >= 0.6 is 0 Å². The van der Waals surface area contributed by atoms with E-state index in [4.69, 9.17) is 0 Å². The van der Waals surface area contributed by atoms with E-state index in [9.17, 15) is 5.11 Å². The Kier molecular flexibility index (Phi) is 3.55. The molecule has 0 aromatic heterocycles. The van der Waals surface area contributed by atoms with Crippen LogP contribution in [0.1, 0.15) is 37.8 Å². The van der Waals surface area contributed by atoms with Crippen molar-refractivity contribution in [2.24, 2.45) is 0 Å². The van der Waals surface area contributed by atoms with E-state index in [1.54, 1.807) is 0 Å². The van der Waals surface area contributed by atoms with Gasteiger partial charge in [0.05, 0.1) is 5.60 Å². The number of rotatable bonds is 2. The molecule has 0 aliphatic carbocycles. The summed E-state index contributed by atoms with van der Waals surface area (Å²) >= 11 is 0. The lowest BCUT2D eigenvalue weighted by Crippen LogP contribution is -2.45. The molecule has 1 heterocycles. The van der Waals surface area contributed by atoms with Crippen molar-refractivity contribution in [3.05, 3.63) is 35.4 Å². The van der Waals surface area contributed by atoms with E-state index in [1.165, 1.54) is 5.56 Å². The number of aliphatic hydroxyl groups is 1. The third-order valence-electron chi connectivity index (χ3n) is 4.16. The van der Waals surface area contributed by atoms with Gasteiger partial charge in [-0.05, 0) is 44.4 Å². The van der Waals surface area contributed by atoms with E-state index in [0.717, 1.165) is 31.4 Å². The molecular weight excluding hydrogens is 210 g/mol. The largest absolute Gasteiger partial charge is 0.385 e. The molecule has 1 aliphatic rings. The highest BCUT2D eigenvalue weighted by molar-refractivity contribution is 5.28. The smallest absolute Gasteiger partial charge is 0.0923 e. The molecule has 17 heavy (non-hydrogen) atoms. The predicted molar refractivity (Wildman–Crippen MR) is 71.0 cm³/mol. The van der Waals surface area contributed by atoms with Crippen molar-refractivity contribution >= 4 is 0 Å². The minimum Gasteiger partial charge on any atom is -0.385 e. The zero-order valence-corrected chi connectivity index (χ0v) is 11.1. The van der Waals surface area contributed by atoms with Gasteiger partial charge in [-0.1, -0.05) is 31.2 Å². The topological polar surface area (TPSA) is 23.5 Å². The van der Waals surface area contributed by atoms with Crippen molar-refractivity contribution in [1.29, 1.82) is 0 Å². The van der Waals surface area contributed by atoms with Crippen LogP contribution in [-0.4, -0.2) is 29.6 Å². The molecule has 94 valence electrons. The van der Waals surface area contributed by atoms with Crippen molar-refractivity contribution in [3.63, 3.8) is 0 Å². The molecule has 0 saturated carbocycles. The average molecular weight is 233 g/mol. The van der Waals surface area contributed by atoms with Crippen LogP contribution in [0.5, 0.6) is 0 Å². The Morgan fingerprint density at radius 2 is 2.00 bits per heavy atom. The molecule has 0 radical (unpaired) electrons. The summed E-state index contributed by atoms with van der Waals surface area (Å²) in [5, 5.41) is 10.8. The summed E-state index contributed by atoms with van der Waals surface area (Å²) in [6.07, 6.45) is 2.71. The molecule has 2 rings (SSSR count). The maximum Gasteiger partial charge on any atom is 0.0923 e. The van der Waals surface area contributed by atoms with Gasteiger partial charge in [-0.25, -0.2) is 0 Å². The van der Waals surface area contributed by atoms with Crippen molar-refractivity contribution < 1.29 is 5.11 Å². The maximum absolute atomic E-state index is 10.8. The minimum absolute atomic E-state index is 0.444. The first-order chi connectivity index (χ1) is 8.05. The van der Waals surface area contributed by atoms with E-state index in [1.807, 2.05) is 0 Å². The fraction of sp³-hybridized carbons (Fsp3) is 0.600. The van der Waals surface area contributed by atoms with E-state index in [-0.39, 0.29) is 0 Å². The summed E-state index contributed by atoms with van der Waals surface area (Å²) < 4.78 is 0. The third-order valence-corrected chi connectivity index (χ3v) is 4.16. The van der Waals surface area contributed by atoms with Crippen molar-refractivity contribution in [2.75, 3.05) is 13.6 Å². The fourth-order valence-corrected chi connectivity index (χ4v) is 2.64. The van der Waals surface area contributed by atoms with Crippen molar-refractivity contribution in [2.45, 2.75) is 44.8 Å². The molecule has 0 amide bonds. The average Bonchev–Trinajstić information content (AvgIpc) is 2.34. The van der Waals surface area contributed by atoms with E-state index < -0.39 is 5.60 Å². The van der Waals surface area contributed by atoms with Crippen LogP contribution in [0, 0.1) is 0 Å². The molecule has 1 aliphatic heterocycles. The number of piperidine rings is 1. The molecule has 2 unspecified atom stereocenters. The van der Waals surface area contributed by atoms with Crippen LogP contribution < -0.4 is 0 Å². The van der Waals surface area contributed by atoms with Crippen LogP contribution in [0.4, 0.5) is 0 Å². The Morgan fingerprint density at radius 1 is 1.35 bits per heavy atom. The molecule has 1 fully saturated rings. The molecule has 2 atom stereocenters. The van der Waals surface area contributed by atoms with Crippen LogP contribution in [0.2, 0.25) is 0 Å². The number of likely N-dealkylation sites (tertiary alicyclic amines) is 1. The van der Waals surface area contributed by atoms with Gasteiger partial charge in [0.1, 0.15) is 0 Å². The molecule has 1 saturated heterocycles. The van der Waals surface area contributed by atoms with Crippen LogP contribution in [0.15, 0.2) is 24.3 Å². The second-order valence-electron chi connectivity index (χ2n) is 5.37. The lowest BCUT2D eigenvalue weighted by atomic mass is 9.81. The van der Waals surface area contributed by atoms with Gasteiger partial charge in [0.2, 0.25) is 0 Å². The number of aryl methyl sites for hydroxylation is 1. The zero-order chi connectivity index (χ0) is 12.5. The Morgan fingerprint density at radius 3 is 2.53 bits per heavy atom. The van der Waals surface area contributed by atoms with Gasteiger partial charge in [-0.15, -0.1) is 0 Å². The van der Waals surface area contributed by atoms with E-state index in [0.29, 0.717) is 6.04 Å². The lowest BCUT2D eigenvalue weighted by molar-refractivity contribution is -0.0408. The fourth-order valence-electron chi connectivity index (χ4n) is 2.64. The molecular formula is C15H23NO. The third kappa shape index (κ3) is 2.53. The highest BCUT2D eigenvalue weighted by Crippen LogP contribution is 2.35. The van der Waals surface area contributed by atoms with Gasteiger partial charge in [-0.2, -0.15) is 0 Å². The highest BCUT2D eigenvalue weighted by Gasteiger charge is 2.36. The minimum atomic E-state index is -0.627. The van der Waals surface area contributed by atoms with Gasteiger partial charge in [0.25, 0.3) is 0 Å². The van der Waals surface area contributed by atoms with Gasteiger partial charge in [0.15, 0.2) is 0 Å². The number of hydrogen-bond donors (Lipinski definition) is 1. The Bertz CT molecular complexity index is 373. The summed E-state index contributed by atoms with van der Waals surface area (Å²) in [5.74, 6) is 0. The Balaban J connectivity index is 2.19. The van der Waals surface area contributed by atoms with Crippen LogP contribution in [0.3, 0.4) is 0 Å². The van der Waals surface area contributed by atoms with Gasteiger partial charge in [-0.3, -0.25) is 0 Å². The van der Waals surface area contributed by atoms with E-state index >= 15 is 0 Å². The summed E-state index contributed by atoms with van der Waals surface area (Å²) in [4.78, 5) is 2.31. The summed E-state index contributed by atoms with van der Waals surface area (Å²) in [6.45, 7) is 5.30. The number of hydrogen-bond acceptors (Lipinski definition) is 2. The first kappa shape index (κ1) is 12.6. The number of nitrogens with zero attached hydrogens (tertiary/aromatic N) is 1. The van der Waals surface area contributed by atoms with E-state index in [2.05, 4.69) is 50.1 Å². The molecule has 2 nitrogen and oxygen atoms in total. The molecule has 1 aromatic rings. The summed E-state index contributed by atoms with van der Waals surface area (Å²) in [6, 6.07) is 8.90. The summed E-state index contributed by atoms with van der Waals surface area (Å²) in [7, 11) is 2.13. The Labute approximate surface area is 104 Å². The summed E-state index contributed by atoms with van der Waals surface area (Å²) in [5.41, 5.74) is 1.78.